The Hall–Kier alpha value is -1.68. The summed E-state index contributed by atoms with van der Waals surface area (Å²) in [6.07, 6.45) is 0. The van der Waals surface area contributed by atoms with Crippen LogP contribution in [0.15, 0.2) is 27.7 Å². The minimum Gasteiger partial charge on any atom is -0.383 e. The number of fused-ring (bicyclic) bond motifs is 1. The van der Waals surface area contributed by atoms with Gasteiger partial charge in [-0.25, -0.2) is 4.98 Å². The number of ether oxygens (including phenoxy) is 1. The largest absolute Gasteiger partial charge is 0.383 e. The molecule has 3 rings (SSSR count). The summed E-state index contributed by atoms with van der Waals surface area (Å²) < 4.78 is 4.88. The van der Waals surface area contributed by atoms with E-state index in [0.717, 1.165) is 15.3 Å². The highest BCUT2D eigenvalue weighted by Crippen LogP contribution is 2.33. The van der Waals surface area contributed by atoms with Gasteiger partial charge in [0.2, 0.25) is 5.91 Å². The van der Waals surface area contributed by atoms with E-state index in [4.69, 9.17) is 4.74 Å². The number of carbonyl (C=O) groups is 1. The summed E-state index contributed by atoms with van der Waals surface area (Å²) >= 11 is 4.48. The molecule has 3 aromatic heterocycles. The van der Waals surface area contributed by atoms with Crippen molar-refractivity contribution < 1.29 is 9.53 Å². The summed E-state index contributed by atoms with van der Waals surface area (Å²) in [6.45, 7) is 0.991. The van der Waals surface area contributed by atoms with Crippen LogP contribution in [-0.4, -0.2) is 41.9 Å². The summed E-state index contributed by atoms with van der Waals surface area (Å²) in [6, 6.07) is 3.96. The summed E-state index contributed by atoms with van der Waals surface area (Å²) in [5.74, 6) is 1.33. The molecule has 25 heavy (non-hydrogen) atoms. The van der Waals surface area contributed by atoms with Crippen LogP contribution in [0.4, 0.5) is 0 Å². The van der Waals surface area contributed by atoms with Crippen LogP contribution in [0.25, 0.3) is 20.7 Å². The maximum atomic E-state index is 12.5. The Labute approximate surface area is 156 Å². The Morgan fingerprint density at radius 1 is 1.44 bits per heavy atom. The van der Waals surface area contributed by atoms with Crippen molar-refractivity contribution in [2.75, 3.05) is 26.0 Å². The van der Waals surface area contributed by atoms with Gasteiger partial charge in [-0.1, -0.05) is 6.07 Å². The van der Waals surface area contributed by atoms with Gasteiger partial charge in [-0.15, -0.1) is 34.4 Å². The lowest BCUT2D eigenvalue weighted by molar-refractivity contribution is -0.118. The van der Waals surface area contributed by atoms with E-state index in [9.17, 15) is 9.59 Å². The van der Waals surface area contributed by atoms with E-state index in [2.05, 4.69) is 15.3 Å². The number of H-pyrrole nitrogens is 1. The van der Waals surface area contributed by atoms with Gasteiger partial charge in [0.05, 0.1) is 23.5 Å². The summed E-state index contributed by atoms with van der Waals surface area (Å²) in [5, 5.41) is 7.35. The third-order valence-electron chi connectivity index (χ3n) is 3.38. The molecule has 0 fully saturated rings. The topological polar surface area (TPSA) is 84.1 Å². The van der Waals surface area contributed by atoms with E-state index in [1.165, 1.54) is 23.1 Å². The zero-order chi connectivity index (χ0) is 17.6. The maximum absolute atomic E-state index is 12.5. The Morgan fingerprint density at radius 2 is 2.32 bits per heavy atom. The van der Waals surface area contributed by atoms with E-state index in [-0.39, 0.29) is 11.5 Å². The third-order valence-corrected chi connectivity index (χ3v) is 6.10. The van der Waals surface area contributed by atoms with Crippen molar-refractivity contribution >= 4 is 50.6 Å². The highest BCUT2D eigenvalue weighted by molar-refractivity contribution is 7.99. The molecule has 1 amide bonds. The molecule has 2 N–H and O–H groups in total. The Balaban J connectivity index is 1.66. The molecule has 6 nitrogen and oxygen atoms in total. The average Bonchev–Trinajstić information content (AvgIpc) is 3.24. The molecule has 0 bridgehead atoms. The van der Waals surface area contributed by atoms with Crippen LogP contribution in [-0.2, 0) is 15.3 Å². The number of hydrogen-bond acceptors (Lipinski definition) is 7. The van der Waals surface area contributed by atoms with Gasteiger partial charge in [-0.2, -0.15) is 0 Å². The monoisotopic (exact) mass is 395 g/mol. The summed E-state index contributed by atoms with van der Waals surface area (Å²) in [4.78, 5) is 33.3. The maximum Gasteiger partial charge on any atom is 0.260 e. The highest BCUT2D eigenvalue weighted by Gasteiger charge is 2.13. The summed E-state index contributed by atoms with van der Waals surface area (Å²) in [5.41, 5.74) is 0.801. The second kappa shape index (κ2) is 8.61. The molecule has 0 saturated carbocycles. The molecule has 0 spiro atoms. The Morgan fingerprint density at radius 3 is 3.08 bits per heavy atom. The van der Waals surface area contributed by atoms with Gasteiger partial charge < -0.3 is 15.0 Å². The number of carbonyl (C=O) groups excluding carboxylic acids is 1. The highest BCUT2D eigenvalue weighted by atomic mass is 32.2. The van der Waals surface area contributed by atoms with E-state index < -0.39 is 0 Å². The number of aromatic amines is 1. The molecule has 0 saturated heterocycles. The van der Waals surface area contributed by atoms with Crippen LogP contribution < -0.4 is 10.9 Å². The molecule has 3 heterocycles. The van der Waals surface area contributed by atoms with E-state index in [0.29, 0.717) is 35.9 Å². The minimum atomic E-state index is -0.130. The number of thioether (sulfide) groups is 1. The first-order valence-corrected chi connectivity index (χ1v) is 10.5. The summed E-state index contributed by atoms with van der Waals surface area (Å²) in [7, 11) is 1.59. The number of amides is 1. The van der Waals surface area contributed by atoms with Crippen molar-refractivity contribution in [3.8, 4) is 10.4 Å². The molecule has 0 atom stereocenters. The molecule has 0 aliphatic carbocycles. The van der Waals surface area contributed by atoms with Crippen LogP contribution in [0.3, 0.4) is 0 Å². The lowest BCUT2D eigenvalue weighted by Gasteiger charge is -2.04. The van der Waals surface area contributed by atoms with Gasteiger partial charge in [-0.05, 0) is 11.4 Å². The molecule has 0 unspecified atom stereocenters. The molecule has 9 heteroatoms. The third kappa shape index (κ3) is 4.49. The zero-order valence-corrected chi connectivity index (χ0v) is 16.0. The first-order chi connectivity index (χ1) is 12.2. The first kappa shape index (κ1) is 18.1. The molecule has 0 aliphatic heterocycles. The fourth-order valence-corrected chi connectivity index (χ4v) is 4.76. The zero-order valence-electron chi connectivity index (χ0n) is 13.5. The first-order valence-electron chi connectivity index (χ1n) is 7.56. The number of hydrogen-bond donors (Lipinski definition) is 2. The smallest absolute Gasteiger partial charge is 0.260 e. The van der Waals surface area contributed by atoms with Gasteiger partial charge >= 0.3 is 0 Å². The Kier molecular flexibility index (Phi) is 6.24. The Bertz CT molecular complexity index is 902. The second-order valence-corrected chi connectivity index (χ2v) is 7.95. The van der Waals surface area contributed by atoms with Crippen LogP contribution >= 0.6 is 34.4 Å². The number of rotatable bonds is 8. The number of methoxy groups -OCH3 is 1. The van der Waals surface area contributed by atoms with Crippen LogP contribution in [0.1, 0.15) is 5.82 Å². The van der Waals surface area contributed by atoms with Gasteiger partial charge in [0.25, 0.3) is 5.56 Å². The van der Waals surface area contributed by atoms with E-state index >= 15 is 0 Å². The van der Waals surface area contributed by atoms with Crippen LogP contribution in [0.2, 0.25) is 0 Å². The van der Waals surface area contributed by atoms with Crippen molar-refractivity contribution in [1.29, 1.82) is 0 Å². The van der Waals surface area contributed by atoms with Crippen molar-refractivity contribution in [2.24, 2.45) is 0 Å². The second-order valence-electron chi connectivity index (χ2n) is 5.16. The molecule has 0 radical (unpaired) electrons. The van der Waals surface area contributed by atoms with Crippen molar-refractivity contribution in [3.63, 3.8) is 0 Å². The lowest BCUT2D eigenvalue weighted by atomic mass is 10.2. The van der Waals surface area contributed by atoms with Crippen molar-refractivity contribution in [2.45, 2.75) is 5.75 Å². The van der Waals surface area contributed by atoms with Gasteiger partial charge in [-0.3, -0.25) is 9.59 Å². The standard InChI is InChI=1S/C16H17N3O3S3/c1-22-5-4-17-13(20)9-23-8-12-18-15(21)14-10(7-25-16(14)19-12)11-3-2-6-24-11/h2-3,6-7H,4-5,8-9H2,1H3,(H,17,20)(H,18,19,21). The van der Waals surface area contributed by atoms with Gasteiger partial charge in [0.1, 0.15) is 10.7 Å². The van der Waals surface area contributed by atoms with Crippen LogP contribution in [0, 0.1) is 0 Å². The quantitative estimate of drug-likeness (QED) is 0.573. The number of thiophene rings is 2. The molecular weight excluding hydrogens is 378 g/mol. The lowest BCUT2D eigenvalue weighted by Crippen LogP contribution is -2.28. The van der Waals surface area contributed by atoms with Gasteiger partial charge in [0, 0.05) is 29.5 Å². The number of nitrogens with zero attached hydrogens (tertiary/aromatic N) is 1. The van der Waals surface area contributed by atoms with Crippen molar-refractivity contribution in [1.82, 2.24) is 15.3 Å². The SMILES string of the molecule is COCCNC(=O)CSCc1nc2scc(-c3cccs3)c2c(=O)[nH]1. The minimum absolute atomic E-state index is 0.0541. The van der Waals surface area contributed by atoms with E-state index in [1.54, 1.807) is 18.4 Å². The number of aromatic nitrogens is 2. The molecular formula is C16H17N3O3S3. The predicted octanol–water partition coefficient (Wildman–Crippen LogP) is 2.71. The van der Waals surface area contributed by atoms with Gasteiger partial charge in [0.15, 0.2) is 0 Å². The fourth-order valence-electron chi connectivity index (χ4n) is 2.26. The average molecular weight is 396 g/mol. The molecule has 0 aromatic carbocycles. The van der Waals surface area contributed by atoms with E-state index in [1.807, 2.05) is 22.9 Å². The van der Waals surface area contributed by atoms with Crippen molar-refractivity contribution in [3.05, 3.63) is 39.1 Å². The predicted molar refractivity (Wildman–Crippen MR) is 105 cm³/mol. The van der Waals surface area contributed by atoms with Crippen LogP contribution in [0.5, 0.6) is 0 Å². The molecule has 3 aromatic rings. The number of nitrogens with one attached hydrogen (secondary N) is 2. The molecule has 132 valence electrons. The normalized spacial score (nSPS) is 11.1. The molecule has 0 aliphatic rings. The fraction of sp³-hybridized carbons (Fsp3) is 0.312.